The van der Waals surface area contributed by atoms with Crippen LogP contribution in [0.3, 0.4) is 0 Å². The van der Waals surface area contributed by atoms with E-state index in [1.165, 1.54) is 6.20 Å². The molecule has 3 heterocycles. The lowest BCUT2D eigenvalue weighted by molar-refractivity contribution is -0.782. The minimum atomic E-state index is -1.30. The summed E-state index contributed by atoms with van der Waals surface area (Å²) in [5, 5.41) is 46.1. The van der Waals surface area contributed by atoms with E-state index in [4.69, 9.17) is 16.7 Å². The highest BCUT2D eigenvalue weighted by Crippen LogP contribution is 2.38. The number of aromatic carboxylic acids is 1. The molecular formula is C22H20ClFN6O8. The first-order valence-electron chi connectivity index (χ1n) is 11.2. The molecule has 0 saturated carbocycles. The summed E-state index contributed by atoms with van der Waals surface area (Å²) in [7, 11) is 0. The van der Waals surface area contributed by atoms with Gasteiger partial charge in [0.1, 0.15) is 16.4 Å². The van der Waals surface area contributed by atoms with E-state index in [1.54, 1.807) is 10.6 Å². The maximum absolute atomic E-state index is 14.5. The predicted molar refractivity (Wildman–Crippen MR) is 132 cm³/mol. The Kier molecular flexibility index (Phi) is 7.32. The molecule has 4 aromatic rings. The summed E-state index contributed by atoms with van der Waals surface area (Å²) in [6, 6.07) is 3.80. The lowest BCUT2D eigenvalue weighted by Crippen LogP contribution is -2.43. The van der Waals surface area contributed by atoms with E-state index >= 15 is 0 Å². The first-order valence-corrected chi connectivity index (χ1v) is 11.5. The Labute approximate surface area is 216 Å². The number of phenols is 1. The van der Waals surface area contributed by atoms with Crippen LogP contribution in [-0.4, -0.2) is 57.0 Å². The molecule has 16 heteroatoms. The minimum absolute atomic E-state index is 0.00927. The monoisotopic (exact) mass is 550 g/mol. The second kappa shape index (κ2) is 10.5. The molecular weight excluding hydrogens is 531 g/mol. The third kappa shape index (κ3) is 4.76. The summed E-state index contributed by atoms with van der Waals surface area (Å²) >= 11 is 5.51. The third-order valence-electron chi connectivity index (χ3n) is 5.94. The number of carboxylic acid groups (broad SMARTS) is 1. The van der Waals surface area contributed by atoms with E-state index in [0.717, 1.165) is 25.2 Å². The maximum Gasteiger partial charge on any atom is 0.341 e. The van der Waals surface area contributed by atoms with Crippen molar-refractivity contribution in [2.45, 2.75) is 13.5 Å². The predicted octanol–water partition coefficient (Wildman–Crippen LogP) is 2.00. The molecule has 3 N–H and O–H groups in total. The van der Waals surface area contributed by atoms with Gasteiger partial charge in [0, 0.05) is 50.4 Å². The Morgan fingerprint density at radius 1 is 1.34 bits per heavy atom. The number of phenolic OH excluding ortho intramolecular Hbond substituents is 1. The van der Waals surface area contributed by atoms with E-state index in [0.29, 0.717) is 30.8 Å². The Morgan fingerprint density at radius 2 is 2.03 bits per heavy atom. The standard InChI is InChI=1S/C16H18FN3O3.C6H2ClN3O5/c1-2-19-9-11(16(22)23)15(21)10-7-12(17)14(8-13(10)19)20-5-3-18-4-6-20;7-2-1-3-4(8-15-10(3)14)6(11)5(2)9(12)13/h7-9,18H,2-6H2,1H3,(H,22,23);1,11H. The number of nitro groups is 1. The number of halogens is 2. The Hall–Kier alpha value is -4.50. The van der Waals surface area contributed by atoms with Gasteiger partial charge in [-0.15, -0.1) is 0 Å². The van der Waals surface area contributed by atoms with E-state index in [-0.39, 0.29) is 31.9 Å². The molecule has 0 amide bonds. The molecule has 38 heavy (non-hydrogen) atoms. The fourth-order valence-corrected chi connectivity index (χ4v) is 4.35. The van der Waals surface area contributed by atoms with Crippen LogP contribution in [0.5, 0.6) is 5.75 Å². The van der Waals surface area contributed by atoms with Crippen molar-refractivity contribution in [3.8, 4) is 5.75 Å². The van der Waals surface area contributed by atoms with Crippen LogP contribution in [-0.2, 0) is 6.54 Å². The molecule has 0 atom stereocenters. The Morgan fingerprint density at radius 3 is 2.63 bits per heavy atom. The Bertz CT molecular complexity index is 1630. The lowest BCUT2D eigenvalue weighted by Gasteiger charge is -2.30. The third-order valence-corrected chi connectivity index (χ3v) is 6.23. The molecule has 0 unspecified atom stereocenters. The number of nitrogens with zero attached hydrogens (tertiary/aromatic N) is 5. The molecule has 1 aliphatic heterocycles. The SMILES string of the molecule is CCn1cc(C(=O)O)c(=O)c2cc(F)c(N3CCNCC3)cc21.O=[N+]([O-])c1c(Cl)cc2c(no[n+]2[O-])c1O. The van der Waals surface area contributed by atoms with E-state index < -0.39 is 33.6 Å². The zero-order chi connectivity index (χ0) is 27.7. The summed E-state index contributed by atoms with van der Waals surface area (Å²) in [6.07, 6.45) is 1.33. The smallest absolute Gasteiger partial charge is 0.341 e. The van der Waals surface area contributed by atoms with Crippen LogP contribution >= 0.6 is 11.6 Å². The number of carboxylic acids is 1. The first kappa shape index (κ1) is 26.6. The van der Waals surface area contributed by atoms with Gasteiger partial charge in [-0.1, -0.05) is 11.6 Å². The largest absolute Gasteiger partial charge is 0.499 e. The van der Waals surface area contributed by atoms with Crippen molar-refractivity contribution in [1.82, 2.24) is 15.0 Å². The van der Waals surface area contributed by atoms with Gasteiger partial charge in [0.25, 0.3) is 11.3 Å². The molecule has 0 aliphatic carbocycles. The quantitative estimate of drug-likeness (QED) is 0.191. The number of aromatic hydroxyl groups is 1. The number of rotatable bonds is 4. The van der Waals surface area contributed by atoms with Crippen LogP contribution in [0.1, 0.15) is 17.3 Å². The molecule has 14 nitrogen and oxygen atoms in total. The van der Waals surface area contributed by atoms with Crippen molar-refractivity contribution in [2.75, 3.05) is 31.1 Å². The summed E-state index contributed by atoms with van der Waals surface area (Å²) in [5.41, 5.74) is -1.18. The summed E-state index contributed by atoms with van der Waals surface area (Å²) < 4.78 is 20.3. The number of anilines is 1. The molecule has 0 radical (unpaired) electrons. The second-order valence-electron chi connectivity index (χ2n) is 8.13. The van der Waals surface area contributed by atoms with Crippen molar-refractivity contribution < 1.29 is 33.9 Å². The number of nitro benzene ring substituents is 1. The highest BCUT2D eigenvalue weighted by Gasteiger charge is 2.28. The van der Waals surface area contributed by atoms with Crippen molar-refractivity contribution in [3.63, 3.8) is 0 Å². The number of nitrogens with one attached hydrogen (secondary N) is 1. The van der Waals surface area contributed by atoms with Crippen LogP contribution in [0.25, 0.3) is 21.9 Å². The molecule has 0 spiro atoms. The Balaban J connectivity index is 0.000000194. The van der Waals surface area contributed by atoms with Gasteiger partial charge in [-0.3, -0.25) is 19.5 Å². The van der Waals surface area contributed by atoms with E-state index in [2.05, 4.69) is 15.1 Å². The first-order chi connectivity index (χ1) is 18.0. The number of aryl methyl sites for hydroxylation is 1. The number of pyridine rings is 1. The maximum atomic E-state index is 14.5. The van der Waals surface area contributed by atoms with Gasteiger partial charge >= 0.3 is 11.7 Å². The molecule has 2 aromatic carbocycles. The van der Waals surface area contributed by atoms with Crippen LogP contribution < -0.4 is 20.5 Å². The number of fused-ring (bicyclic) bond motifs is 2. The van der Waals surface area contributed by atoms with Gasteiger partial charge in [0.05, 0.1) is 21.3 Å². The second-order valence-corrected chi connectivity index (χ2v) is 8.54. The van der Waals surface area contributed by atoms with Gasteiger partial charge < -0.3 is 30.2 Å². The van der Waals surface area contributed by atoms with Crippen molar-refractivity contribution in [2.24, 2.45) is 0 Å². The van der Waals surface area contributed by atoms with Crippen LogP contribution in [0.2, 0.25) is 5.02 Å². The number of benzene rings is 2. The molecule has 0 bridgehead atoms. The topological polar surface area (TPSA) is 191 Å². The van der Waals surface area contributed by atoms with E-state index in [1.807, 2.05) is 11.8 Å². The van der Waals surface area contributed by atoms with Gasteiger partial charge in [0.2, 0.25) is 10.9 Å². The van der Waals surface area contributed by atoms with E-state index in [9.17, 15) is 34.4 Å². The lowest BCUT2D eigenvalue weighted by atomic mass is 10.1. The normalized spacial score (nSPS) is 13.4. The summed E-state index contributed by atoms with van der Waals surface area (Å²) in [4.78, 5) is 35.1. The van der Waals surface area contributed by atoms with Gasteiger partial charge in [0.15, 0.2) is 0 Å². The fourth-order valence-electron chi connectivity index (χ4n) is 4.09. The number of hydrogen-bond acceptors (Lipinski definition) is 10. The molecule has 5 rings (SSSR count). The van der Waals surface area contributed by atoms with Gasteiger partial charge in [-0.25, -0.2) is 9.18 Å². The number of carbonyl (C=O) groups is 1. The van der Waals surface area contributed by atoms with Gasteiger partial charge in [-0.05, 0) is 24.0 Å². The van der Waals surface area contributed by atoms with Crippen molar-refractivity contribution in [3.05, 3.63) is 66.3 Å². The molecule has 1 fully saturated rings. The highest BCUT2D eigenvalue weighted by molar-refractivity contribution is 6.33. The van der Waals surface area contributed by atoms with Crippen molar-refractivity contribution >= 4 is 50.9 Å². The molecule has 2 aromatic heterocycles. The fraction of sp³-hybridized carbons (Fsp3) is 0.273. The summed E-state index contributed by atoms with van der Waals surface area (Å²) in [5.74, 6) is -2.59. The molecule has 200 valence electrons. The average Bonchev–Trinajstić information content (AvgIpc) is 3.25. The summed E-state index contributed by atoms with van der Waals surface area (Å²) in [6.45, 7) is 5.26. The zero-order valence-corrected chi connectivity index (χ0v) is 20.4. The van der Waals surface area contributed by atoms with Crippen LogP contribution in [0.15, 0.2) is 33.8 Å². The molecule has 1 aliphatic rings. The molecule has 1 saturated heterocycles. The average molecular weight is 551 g/mol. The minimum Gasteiger partial charge on any atom is -0.499 e. The van der Waals surface area contributed by atoms with Crippen LogP contribution in [0.4, 0.5) is 15.8 Å². The van der Waals surface area contributed by atoms with Crippen LogP contribution in [0, 0.1) is 21.1 Å². The number of hydrogen-bond donors (Lipinski definition) is 3. The number of piperazine rings is 1. The van der Waals surface area contributed by atoms with Crippen molar-refractivity contribution in [1.29, 1.82) is 0 Å². The number of aromatic nitrogens is 3. The zero-order valence-electron chi connectivity index (χ0n) is 19.7. The highest BCUT2D eigenvalue weighted by atomic mass is 35.5. The van der Waals surface area contributed by atoms with Gasteiger partial charge in [-0.2, -0.15) is 0 Å².